The van der Waals surface area contributed by atoms with Crippen LogP contribution in [0.1, 0.15) is 77.0 Å². The first kappa shape index (κ1) is 33.1. The summed E-state index contributed by atoms with van der Waals surface area (Å²) in [5, 5.41) is 5.41. The van der Waals surface area contributed by atoms with E-state index in [0.717, 1.165) is 24.8 Å². The van der Waals surface area contributed by atoms with Crippen molar-refractivity contribution in [3.8, 4) is 5.75 Å². The number of alkyl carbamates (subject to hydrolysis) is 1. The van der Waals surface area contributed by atoms with Gasteiger partial charge in [0.15, 0.2) is 0 Å². The average Bonchev–Trinajstić information content (AvgIpc) is 2.89. The van der Waals surface area contributed by atoms with Crippen molar-refractivity contribution in [3.05, 3.63) is 59.7 Å². The number of benzene rings is 2. The van der Waals surface area contributed by atoms with Crippen molar-refractivity contribution in [2.24, 2.45) is 5.73 Å². The van der Waals surface area contributed by atoms with Gasteiger partial charge >= 0.3 is 6.09 Å². The summed E-state index contributed by atoms with van der Waals surface area (Å²) in [5.41, 5.74) is 6.74. The summed E-state index contributed by atoms with van der Waals surface area (Å²) in [4.78, 5) is 54.1. The van der Waals surface area contributed by atoms with Gasteiger partial charge in [-0.15, -0.1) is 0 Å². The van der Waals surface area contributed by atoms with Crippen molar-refractivity contribution in [2.75, 3.05) is 19.0 Å². The van der Waals surface area contributed by atoms with Gasteiger partial charge in [0.25, 0.3) is 5.91 Å². The smallest absolute Gasteiger partial charge is 0.408 e. The van der Waals surface area contributed by atoms with Crippen molar-refractivity contribution >= 4 is 29.5 Å². The number of anilines is 1. The van der Waals surface area contributed by atoms with Gasteiger partial charge in [-0.25, -0.2) is 4.79 Å². The van der Waals surface area contributed by atoms with E-state index in [0.29, 0.717) is 23.4 Å². The van der Waals surface area contributed by atoms with Crippen molar-refractivity contribution in [3.63, 3.8) is 0 Å². The highest BCUT2D eigenvalue weighted by Crippen LogP contribution is 2.27. The molecule has 4 N–H and O–H groups in total. The molecule has 0 saturated heterocycles. The second kappa shape index (κ2) is 15.6. The Hall–Kier alpha value is -4.08. The molecule has 0 radical (unpaired) electrons. The first-order valence-electron chi connectivity index (χ1n) is 13.9. The number of methoxy groups -OCH3 is 1. The molecule has 0 saturated carbocycles. The Labute approximate surface area is 242 Å². The number of carbonyl (C=O) groups is 4. The van der Waals surface area contributed by atoms with Crippen LogP contribution in [0.15, 0.2) is 48.5 Å². The third-order valence-electron chi connectivity index (χ3n) is 6.24. The molecule has 0 spiro atoms. The van der Waals surface area contributed by atoms with E-state index in [1.807, 2.05) is 19.1 Å². The van der Waals surface area contributed by atoms with E-state index in [2.05, 4.69) is 17.6 Å². The van der Waals surface area contributed by atoms with Gasteiger partial charge < -0.3 is 30.7 Å². The highest BCUT2D eigenvalue weighted by molar-refractivity contribution is 5.99. The minimum absolute atomic E-state index is 0.221. The fraction of sp³-hybridized carbons (Fsp3) is 0.484. The molecule has 41 heavy (non-hydrogen) atoms. The molecule has 0 aliphatic heterocycles. The number of nitrogens with one attached hydrogen (secondary N) is 2. The summed E-state index contributed by atoms with van der Waals surface area (Å²) in [6.07, 6.45) is 2.07. The average molecular weight is 569 g/mol. The topological polar surface area (TPSA) is 140 Å². The fourth-order valence-electron chi connectivity index (χ4n) is 4.23. The van der Waals surface area contributed by atoms with Crippen LogP contribution >= 0.6 is 0 Å². The lowest BCUT2D eigenvalue weighted by molar-refractivity contribution is -0.142. The molecule has 2 aromatic carbocycles. The molecule has 2 aromatic rings. The summed E-state index contributed by atoms with van der Waals surface area (Å²) < 4.78 is 10.5. The summed E-state index contributed by atoms with van der Waals surface area (Å²) in [7, 11) is 1.55. The summed E-state index contributed by atoms with van der Waals surface area (Å²) in [5.74, 6) is -1.20. The molecule has 2 atom stereocenters. The van der Waals surface area contributed by atoms with Crippen LogP contribution in [-0.4, -0.2) is 54.0 Å². The zero-order chi connectivity index (χ0) is 30.6. The highest BCUT2D eigenvalue weighted by Gasteiger charge is 2.36. The van der Waals surface area contributed by atoms with Gasteiger partial charge in [-0.1, -0.05) is 56.0 Å². The van der Waals surface area contributed by atoms with E-state index >= 15 is 0 Å². The predicted molar refractivity (Wildman–Crippen MR) is 158 cm³/mol. The number of amides is 4. The molecular weight excluding hydrogens is 524 g/mol. The second-order valence-corrected chi connectivity index (χ2v) is 11.0. The van der Waals surface area contributed by atoms with Crippen LogP contribution in [0.2, 0.25) is 0 Å². The van der Waals surface area contributed by atoms with E-state index in [9.17, 15) is 19.2 Å². The van der Waals surface area contributed by atoms with Gasteiger partial charge in [-0.2, -0.15) is 0 Å². The first-order valence-corrected chi connectivity index (χ1v) is 13.9. The summed E-state index contributed by atoms with van der Waals surface area (Å²) in [6, 6.07) is 11.8. The molecule has 10 nitrogen and oxygen atoms in total. The summed E-state index contributed by atoms with van der Waals surface area (Å²) >= 11 is 0. The maximum Gasteiger partial charge on any atom is 0.408 e. The number of nitrogens with two attached hydrogens (primary N) is 1. The first-order chi connectivity index (χ1) is 19.3. The third-order valence-corrected chi connectivity index (χ3v) is 6.24. The third kappa shape index (κ3) is 11.1. The largest absolute Gasteiger partial charge is 0.497 e. The number of hydrogen-bond acceptors (Lipinski definition) is 6. The minimum Gasteiger partial charge on any atom is -0.497 e. The second-order valence-electron chi connectivity index (χ2n) is 11.0. The van der Waals surface area contributed by atoms with Gasteiger partial charge in [0.05, 0.1) is 13.5 Å². The van der Waals surface area contributed by atoms with E-state index in [1.54, 1.807) is 64.3 Å². The van der Waals surface area contributed by atoms with Gasteiger partial charge in [0.2, 0.25) is 11.8 Å². The van der Waals surface area contributed by atoms with E-state index < -0.39 is 47.9 Å². The van der Waals surface area contributed by atoms with E-state index in [1.165, 1.54) is 4.90 Å². The number of ether oxygens (including phenoxy) is 2. The lowest BCUT2D eigenvalue weighted by atomic mass is 10.00. The number of carbonyl (C=O) groups excluding carboxylic acids is 4. The van der Waals surface area contributed by atoms with E-state index in [-0.39, 0.29) is 6.54 Å². The molecule has 0 heterocycles. The SMILES string of the molecule is CCCCCCN(C(=O)C(CC(N)=O)NC(=O)OC(C)(C)C)C(C(=O)Nc1ccc(OC)cc1)c1ccc(C)cc1. The van der Waals surface area contributed by atoms with Crippen molar-refractivity contribution in [2.45, 2.75) is 84.4 Å². The van der Waals surface area contributed by atoms with Crippen LogP contribution in [0.25, 0.3) is 0 Å². The molecule has 4 amide bonds. The summed E-state index contributed by atoms with van der Waals surface area (Å²) in [6.45, 7) is 9.29. The van der Waals surface area contributed by atoms with Gasteiger partial charge in [-0.05, 0) is 63.9 Å². The number of rotatable bonds is 14. The molecule has 0 aliphatic rings. The van der Waals surface area contributed by atoms with Gasteiger partial charge in [0.1, 0.15) is 23.4 Å². The highest BCUT2D eigenvalue weighted by atomic mass is 16.6. The standard InChI is InChI=1S/C31H44N4O6/c1-7-8-9-10-19-35(29(38)25(20-26(32)36)34-30(39)41-31(3,4)5)27(22-13-11-21(2)12-14-22)28(37)33-23-15-17-24(40-6)18-16-23/h11-18,25,27H,7-10,19-20H2,1-6H3,(H2,32,36)(H,33,37)(H,34,39). The molecule has 2 unspecified atom stereocenters. The van der Waals surface area contributed by atoms with Crippen LogP contribution < -0.4 is 21.1 Å². The van der Waals surface area contributed by atoms with E-state index in [4.69, 9.17) is 15.2 Å². The molecular formula is C31H44N4O6. The molecule has 2 rings (SSSR count). The Morgan fingerprint density at radius 3 is 2.12 bits per heavy atom. The zero-order valence-electron chi connectivity index (χ0n) is 25.0. The number of hydrogen-bond donors (Lipinski definition) is 3. The molecule has 0 fully saturated rings. The van der Waals surface area contributed by atoms with Crippen LogP contribution in [0.3, 0.4) is 0 Å². The van der Waals surface area contributed by atoms with Crippen LogP contribution in [0.4, 0.5) is 10.5 Å². The maximum atomic E-state index is 14.1. The van der Waals surface area contributed by atoms with Crippen LogP contribution in [-0.2, 0) is 19.1 Å². The molecule has 224 valence electrons. The number of aryl methyl sites for hydroxylation is 1. The monoisotopic (exact) mass is 568 g/mol. The number of nitrogens with zero attached hydrogens (tertiary/aromatic N) is 1. The van der Waals surface area contributed by atoms with Crippen molar-refractivity contribution < 1.29 is 28.7 Å². The molecule has 0 aromatic heterocycles. The maximum absolute atomic E-state index is 14.1. The number of unbranched alkanes of at least 4 members (excludes halogenated alkanes) is 3. The Kier molecular flexibility index (Phi) is 12.6. The lowest BCUT2D eigenvalue weighted by Gasteiger charge is -2.34. The normalized spacial score (nSPS) is 12.5. The predicted octanol–water partition coefficient (Wildman–Crippen LogP) is 4.86. The Bertz CT molecular complexity index is 1160. The van der Waals surface area contributed by atoms with Crippen LogP contribution in [0, 0.1) is 6.92 Å². The van der Waals surface area contributed by atoms with Crippen LogP contribution in [0.5, 0.6) is 5.75 Å². The lowest BCUT2D eigenvalue weighted by Crippen LogP contribution is -2.53. The van der Waals surface area contributed by atoms with Gasteiger partial charge in [-0.3, -0.25) is 14.4 Å². The molecule has 0 aliphatic carbocycles. The van der Waals surface area contributed by atoms with Crippen molar-refractivity contribution in [1.82, 2.24) is 10.2 Å². The number of primary amides is 1. The molecule has 10 heteroatoms. The Balaban J connectivity index is 2.52. The quantitative estimate of drug-likeness (QED) is 0.278. The minimum atomic E-state index is -1.32. The van der Waals surface area contributed by atoms with Gasteiger partial charge in [0, 0.05) is 12.2 Å². The Morgan fingerprint density at radius 2 is 1.59 bits per heavy atom. The Morgan fingerprint density at radius 1 is 0.951 bits per heavy atom. The molecule has 0 bridgehead atoms. The van der Waals surface area contributed by atoms with Crippen molar-refractivity contribution in [1.29, 1.82) is 0 Å². The fourth-order valence-corrected chi connectivity index (χ4v) is 4.23. The zero-order valence-corrected chi connectivity index (χ0v) is 25.0.